The van der Waals surface area contributed by atoms with Gasteiger partial charge in [-0.05, 0) is 65.5 Å². The van der Waals surface area contributed by atoms with Crippen molar-refractivity contribution in [3.8, 4) is 11.1 Å². The summed E-state index contributed by atoms with van der Waals surface area (Å²) in [6.45, 7) is 11.5. The van der Waals surface area contributed by atoms with Gasteiger partial charge in [0.1, 0.15) is 0 Å². The maximum Gasteiger partial charge on any atom is -0.00568 e. The van der Waals surface area contributed by atoms with Crippen molar-refractivity contribution in [1.82, 2.24) is 0 Å². The van der Waals surface area contributed by atoms with E-state index in [1.165, 1.54) is 46.2 Å². The van der Waals surface area contributed by atoms with Crippen LogP contribution in [-0.4, -0.2) is 0 Å². The number of rotatable bonds is 2. The zero-order valence-corrected chi connectivity index (χ0v) is 14.0. The summed E-state index contributed by atoms with van der Waals surface area (Å²) in [5.74, 6) is 0. The first-order chi connectivity index (χ1) is 9.92. The Morgan fingerprint density at radius 3 is 2.52 bits per heavy atom. The van der Waals surface area contributed by atoms with Crippen LogP contribution < -0.4 is 0 Å². The molecule has 0 N–H and O–H groups in total. The largest absolute Gasteiger partial charge is 0.0651 e. The van der Waals surface area contributed by atoms with Crippen LogP contribution in [0.15, 0.2) is 30.3 Å². The molecule has 0 spiro atoms. The van der Waals surface area contributed by atoms with Gasteiger partial charge >= 0.3 is 0 Å². The van der Waals surface area contributed by atoms with Crippen molar-refractivity contribution < 1.29 is 0 Å². The summed E-state index contributed by atoms with van der Waals surface area (Å²) in [7, 11) is 0. The molecule has 0 saturated heterocycles. The van der Waals surface area contributed by atoms with Gasteiger partial charge in [-0.15, -0.1) is 0 Å². The van der Waals surface area contributed by atoms with Crippen LogP contribution in [0, 0.1) is 13.8 Å². The minimum atomic E-state index is 0.229. The van der Waals surface area contributed by atoms with Gasteiger partial charge in [-0.1, -0.05) is 63.1 Å². The van der Waals surface area contributed by atoms with E-state index in [1.807, 2.05) is 0 Å². The lowest BCUT2D eigenvalue weighted by Gasteiger charge is -2.35. The summed E-state index contributed by atoms with van der Waals surface area (Å²) in [5.41, 5.74) is 10.5. The zero-order valence-electron chi connectivity index (χ0n) is 14.0. The molecule has 0 aliphatic heterocycles. The van der Waals surface area contributed by atoms with E-state index in [2.05, 4.69) is 65.0 Å². The van der Waals surface area contributed by atoms with Gasteiger partial charge in [0.25, 0.3) is 0 Å². The van der Waals surface area contributed by atoms with Crippen molar-refractivity contribution in [1.29, 1.82) is 0 Å². The molecule has 0 atom stereocenters. The predicted molar refractivity (Wildman–Crippen MR) is 92.1 cm³/mol. The Bertz CT molecular complexity index is 689. The Balaban J connectivity index is 2.26. The Hall–Kier alpha value is -1.56. The molecule has 0 radical (unpaired) electrons. The predicted octanol–water partition coefficient (Wildman–Crippen LogP) is 5.76. The number of aryl methyl sites for hydroxylation is 3. The first-order valence-electron chi connectivity index (χ1n) is 8.16. The standard InChI is InChI=1S/C21H26/c1-6-7-16-11-15(3)20-17(12-16)13-21(4,5)19-9-8-14(2)10-18(19)20/h8-12H,6-7,13H2,1-5H3. The highest BCUT2D eigenvalue weighted by molar-refractivity contribution is 5.78. The highest BCUT2D eigenvalue weighted by Crippen LogP contribution is 2.45. The van der Waals surface area contributed by atoms with Gasteiger partial charge in [0, 0.05) is 0 Å². The van der Waals surface area contributed by atoms with E-state index < -0.39 is 0 Å². The monoisotopic (exact) mass is 278 g/mol. The average Bonchev–Trinajstić information content (AvgIpc) is 2.37. The van der Waals surface area contributed by atoms with Crippen LogP contribution in [0.5, 0.6) is 0 Å². The minimum Gasteiger partial charge on any atom is -0.0651 e. The quantitative estimate of drug-likeness (QED) is 0.655. The fraction of sp³-hybridized carbons (Fsp3) is 0.429. The van der Waals surface area contributed by atoms with Crippen molar-refractivity contribution >= 4 is 0 Å². The van der Waals surface area contributed by atoms with Crippen LogP contribution in [0.1, 0.15) is 55.0 Å². The van der Waals surface area contributed by atoms with Crippen LogP contribution >= 0.6 is 0 Å². The minimum absolute atomic E-state index is 0.229. The Labute approximate surface area is 129 Å². The summed E-state index contributed by atoms with van der Waals surface area (Å²) >= 11 is 0. The molecule has 0 fully saturated rings. The van der Waals surface area contributed by atoms with Crippen LogP contribution in [0.25, 0.3) is 11.1 Å². The maximum atomic E-state index is 2.46. The molecular formula is C21H26. The van der Waals surface area contributed by atoms with Gasteiger partial charge in [0.2, 0.25) is 0 Å². The van der Waals surface area contributed by atoms with Crippen LogP contribution in [0.4, 0.5) is 0 Å². The fourth-order valence-electron chi connectivity index (χ4n) is 3.93. The summed E-state index contributed by atoms with van der Waals surface area (Å²) in [4.78, 5) is 0. The highest BCUT2D eigenvalue weighted by Gasteiger charge is 2.31. The number of fused-ring (bicyclic) bond motifs is 3. The topological polar surface area (TPSA) is 0 Å². The van der Waals surface area contributed by atoms with E-state index in [0.29, 0.717) is 0 Å². The number of benzene rings is 2. The fourth-order valence-corrected chi connectivity index (χ4v) is 3.93. The van der Waals surface area contributed by atoms with Gasteiger partial charge in [-0.3, -0.25) is 0 Å². The molecule has 0 saturated carbocycles. The molecule has 0 unspecified atom stereocenters. The molecule has 0 heteroatoms. The lowest BCUT2D eigenvalue weighted by Crippen LogP contribution is -2.26. The molecular weight excluding hydrogens is 252 g/mol. The third kappa shape index (κ3) is 2.41. The molecule has 0 aromatic heterocycles. The summed E-state index contributed by atoms with van der Waals surface area (Å²) in [6, 6.07) is 11.8. The van der Waals surface area contributed by atoms with Gasteiger partial charge in [0.05, 0.1) is 0 Å². The molecule has 21 heavy (non-hydrogen) atoms. The molecule has 0 heterocycles. The van der Waals surface area contributed by atoms with Crippen molar-refractivity contribution in [2.24, 2.45) is 0 Å². The SMILES string of the molecule is CCCc1cc(C)c2c(c1)CC(C)(C)c1ccc(C)cc1-2. The second-order valence-electron chi connectivity index (χ2n) is 7.31. The molecule has 1 aliphatic rings. The Morgan fingerprint density at radius 1 is 1.05 bits per heavy atom. The zero-order chi connectivity index (χ0) is 15.2. The molecule has 110 valence electrons. The van der Waals surface area contributed by atoms with Gasteiger partial charge in [-0.25, -0.2) is 0 Å². The molecule has 1 aliphatic carbocycles. The molecule has 2 aromatic carbocycles. The van der Waals surface area contributed by atoms with Crippen LogP contribution in [0.3, 0.4) is 0 Å². The summed E-state index contributed by atoms with van der Waals surface area (Å²) in [6.07, 6.45) is 3.56. The van der Waals surface area contributed by atoms with E-state index >= 15 is 0 Å². The van der Waals surface area contributed by atoms with Crippen LogP contribution in [-0.2, 0) is 18.3 Å². The lowest BCUT2D eigenvalue weighted by atomic mass is 9.68. The molecule has 2 aromatic rings. The van der Waals surface area contributed by atoms with E-state index in [-0.39, 0.29) is 5.41 Å². The highest BCUT2D eigenvalue weighted by atomic mass is 14.3. The molecule has 3 rings (SSSR count). The third-order valence-electron chi connectivity index (χ3n) is 4.82. The molecule has 0 nitrogen and oxygen atoms in total. The number of hydrogen-bond acceptors (Lipinski definition) is 0. The van der Waals surface area contributed by atoms with E-state index in [1.54, 1.807) is 5.56 Å². The van der Waals surface area contributed by atoms with Crippen LogP contribution in [0.2, 0.25) is 0 Å². The second-order valence-corrected chi connectivity index (χ2v) is 7.31. The molecule has 0 bridgehead atoms. The first-order valence-corrected chi connectivity index (χ1v) is 8.16. The number of hydrogen-bond donors (Lipinski definition) is 0. The van der Waals surface area contributed by atoms with Crippen molar-refractivity contribution in [3.63, 3.8) is 0 Å². The van der Waals surface area contributed by atoms with Crippen molar-refractivity contribution in [3.05, 3.63) is 58.1 Å². The second kappa shape index (κ2) is 5.02. The van der Waals surface area contributed by atoms with E-state index in [4.69, 9.17) is 0 Å². The van der Waals surface area contributed by atoms with E-state index in [0.717, 1.165) is 6.42 Å². The molecule has 0 amide bonds. The van der Waals surface area contributed by atoms with E-state index in [9.17, 15) is 0 Å². The van der Waals surface area contributed by atoms with Gasteiger partial charge in [0.15, 0.2) is 0 Å². The summed E-state index contributed by atoms with van der Waals surface area (Å²) < 4.78 is 0. The smallest absolute Gasteiger partial charge is 0.00568 e. The third-order valence-corrected chi connectivity index (χ3v) is 4.82. The van der Waals surface area contributed by atoms with Crippen molar-refractivity contribution in [2.45, 2.75) is 59.3 Å². The Morgan fingerprint density at radius 2 is 1.81 bits per heavy atom. The maximum absolute atomic E-state index is 2.46. The van der Waals surface area contributed by atoms with Gasteiger partial charge in [-0.2, -0.15) is 0 Å². The first kappa shape index (κ1) is 14.4. The normalized spacial score (nSPS) is 15.5. The summed E-state index contributed by atoms with van der Waals surface area (Å²) in [5, 5.41) is 0. The Kier molecular flexibility index (Phi) is 3.43. The van der Waals surface area contributed by atoms with Gasteiger partial charge < -0.3 is 0 Å². The lowest BCUT2D eigenvalue weighted by molar-refractivity contribution is 0.516. The average molecular weight is 278 g/mol. The van der Waals surface area contributed by atoms with Crippen molar-refractivity contribution in [2.75, 3.05) is 0 Å².